The molecule has 0 saturated heterocycles. The Kier molecular flexibility index (Phi) is 8.81. The van der Waals surface area contributed by atoms with Crippen molar-refractivity contribution in [2.45, 2.75) is 52.2 Å². The molecule has 0 aromatic heterocycles. The van der Waals surface area contributed by atoms with Gasteiger partial charge in [-0.05, 0) is 55.7 Å². The van der Waals surface area contributed by atoms with Crippen molar-refractivity contribution in [1.82, 2.24) is 10.2 Å². The molecule has 0 aliphatic heterocycles. The predicted octanol–water partition coefficient (Wildman–Crippen LogP) is 5.52. The zero-order valence-electron chi connectivity index (χ0n) is 16.7. The molecule has 2 rings (SSSR count). The number of rotatable bonds is 8. The molecule has 0 radical (unpaired) electrons. The van der Waals surface area contributed by atoms with Gasteiger partial charge in [-0.1, -0.05) is 59.9 Å². The molecular formula is C22H25Cl3N2O2. The molecule has 0 fully saturated rings. The average molecular weight is 456 g/mol. The van der Waals surface area contributed by atoms with Crippen LogP contribution in [0.15, 0.2) is 42.5 Å². The van der Waals surface area contributed by atoms with Crippen molar-refractivity contribution in [1.29, 1.82) is 0 Å². The summed E-state index contributed by atoms with van der Waals surface area (Å²) in [5, 5.41) is 4.51. The molecule has 0 saturated carbocycles. The van der Waals surface area contributed by atoms with Gasteiger partial charge in [0, 0.05) is 27.7 Å². The molecule has 2 atom stereocenters. The first-order valence-electron chi connectivity index (χ1n) is 9.49. The second-order valence-corrected chi connectivity index (χ2v) is 8.33. The zero-order chi connectivity index (χ0) is 21.6. The second kappa shape index (κ2) is 10.9. The van der Waals surface area contributed by atoms with Crippen LogP contribution in [0.3, 0.4) is 0 Å². The number of amides is 2. The summed E-state index contributed by atoms with van der Waals surface area (Å²) >= 11 is 18.2. The molecule has 2 aromatic rings. The molecule has 0 heterocycles. The second-order valence-electron chi connectivity index (χ2n) is 7.05. The molecule has 0 aliphatic carbocycles. The minimum absolute atomic E-state index is 0.0253. The summed E-state index contributed by atoms with van der Waals surface area (Å²) in [4.78, 5) is 27.4. The van der Waals surface area contributed by atoms with E-state index in [1.165, 1.54) is 0 Å². The minimum atomic E-state index is -0.657. The summed E-state index contributed by atoms with van der Waals surface area (Å²) < 4.78 is 0. The maximum atomic E-state index is 13.1. The molecule has 29 heavy (non-hydrogen) atoms. The first kappa shape index (κ1) is 23.5. The molecule has 2 amide bonds. The Balaban J connectivity index is 2.26. The molecular weight excluding hydrogens is 431 g/mol. The van der Waals surface area contributed by atoms with Gasteiger partial charge in [0.1, 0.15) is 6.04 Å². The molecule has 1 N–H and O–H groups in total. The maximum absolute atomic E-state index is 13.1. The molecule has 2 aromatic carbocycles. The van der Waals surface area contributed by atoms with E-state index < -0.39 is 6.04 Å². The summed E-state index contributed by atoms with van der Waals surface area (Å²) in [6.07, 6.45) is 0.962. The summed E-state index contributed by atoms with van der Waals surface area (Å²) in [5.74, 6) is -0.376. The van der Waals surface area contributed by atoms with Crippen LogP contribution in [0, 0.1) is 0 Å². The number of halogens is 3. The summed E-state index contributed by atoms with van der Waals surface area (Å²) in [5.41, 5.74) is 1.55. The molecule has 0 spiro atoms. The van der Waals surface area contributed by atoms with Gasteiger partial charge >= 0.3 is 0 Å². The number of benzene rings is 2. The van der Waals surface area contributed by atoms with Crippen molar-refractivity contribution in [2.24, 2.45) is 0 Å². The van der Waals surface area contributed by atoms with Gasteiger partial charge in [0.15, 0.2) is 0 Å². The van der Waals surface area contributed by atoms with Crippen molar-refractivity contribution in [3.8, 4) is 0 Å². The average Bonchev–Trinajstić information content (AvgIpc) is 2.68. The maximum Gasteiger partial charge on any atom is 0.242 e. The minimum Gasteiger partial charge on any atom is -0.352 e. The Morgan fingerprint density at radius 2 is 1.62 bits per heavy atom. The quantitative estimate of drug-likeness (QED) is 0.569. The lowest BCUT2D eigenvalue weighted by Crippen LogP contribution is -2.49. The van der Waals surface area contributed by atoms with Crippen LogP contribution in [0.4, 0.5) is 0 Å². The fourth-order valence-electron chi connectivity index (χ4n) is 2.76. The van der Waals surface area contributed by atoms with E-state index in [2.05, 4.69) is 5.32 Å². The SMILES string of the molecule is CCC(C)NC(=O)C(C)N(Cc1ccc(Cl)cc1Cl)C(=O)Cc1ccc(Cl)cc1. The van der Waals surface area contributed by atoms with Gasteiger partial charge < -0.3 is 10.2 Å². The van der Waals surface area contributed by atoms with Gasteiger partial charge in [-0.3, -0.25) is 9.59 Å². The first-order chi connectivity index (χ1) is 13.7. The summed E-state index contributed by atoms with van der Waals surface area (Å²) in [7, 11) is 0. The Morgan fingerprint density at radius 3 is 2.21 bits per heavy atom. The van der Waals surface area contributed by atoms with E-state index >= 15 is 0 Å². The van der Waals surface area contributed by atoms with Gasteiger partial charge in [-0.2, -0.15) is 0 Å². The predicted molar refractivity (Wildman–Crippen MR) is 120 cm³/mol. The lowest BCUT2D eigenvalue weighted by molar-refractivity contribution is -0.140. The largest absolute Gasteiger partial charge is 0.352 e. The topological polar surface area (TPSA) is 49.4 Å². The number of carbonyl (C=O) groups is 2. The number of hydrogen-bond acceptors (Lipinski definition) is 2. The number of hydrogen-bond donors (Lipinski definition) is 1. The van der Waals surface area contributed by atoms with Crippen LogP contribution in [0.1, 0.15) is 38.3 Å². The van der Waals surface area contributed by atoms with Crippen molar-refractivity contribution in [3.63, 3.8) is 0 Å². The third-order valence-electron chi connectivity index (χ3n) is 4.79. The monoisotopic (exact) mass is 454 g/mol. The number of nitrogens with one attached hydrogen (secondary N) is 1. The number of nitrogens with zero attached hydrogens (tertiary/aromatic N) is 1. The van der Waals surface area contributed by atoms with Gasteiger partial charge in [0.25, 0.3) is 0 Å². The van der Waals surface area contributed by atoms with E-state index in [-0.39, 0.29) is 30.8 Å². The van der Waals surface area contributed by atoms with Crippen LogP contribution < -0.4 is 5.32 Å². The third-order valence-corrected chi connectivity index (χ3v) is 5.63. The van der Waals surface area contributed by atoms with Crippen LogP contribution in [-0.2, 0) is 22.6 Å². The van der Waals surface area contributed by atoms with Gasteiger partial charge in [-0.15, -0.1) is 0 Å². The van der Waals surface area contributed by atoms with E-state index in [9.17, 15) is 9.59 Å². The smallest absolute Gasteiger partial charge is 0.242 e. The lowest BCUT2D eigenvalue weighted by Gasteiger charge is -2.30. The molecule has 156 valence electrons. The van der Waals surface area contributed by atoms with Gasteiger partial charge in [0.2, 0.25) is 11.8 Å². The zero-order valence-corrected chi connectivity index (χ0v) is 19.0. The molecule has 0 aliphatic rings. The summed E-state index contributed by atoms with van der Waals surface area (Å²) in [6, 6.07) is 11.6. The molecule has 2 unspecified atom stereocenters. The van der Waals surface area contributed by atoms with Gasteiger partial charge in [0.05, 0.1) is 6.42 Å². The molecule has 0 bridgehead atoms. The van der Waals surface area contributed by atoms with Crippen LogP contribution in [-0.4, -0.2) is 28.8 Å². The fraction of sp³-hybridized carbons (Fsp3) is 0.364. The van der Waals surface area contributed by atoms with E-state index in [4.69, 9.17) is 34.8 Å². The normalized spacial score (nSPS) is 12.9. The third kappa shape index (κ3) is 6.91. The molecule has 4 nitrogen and oxygen atoms in total. The lowest BCUT2D eigenvalue weighted by atomic mass is 10.1. The summed E-state index contributed by atoms with van der Waals surface area (Å²) in [6.45, 7) is 5.85. The first-order valence-corrected chi connectivity index (χ1v) is 10.6. The number of carbonyl (C=O) groups excluding carboxylic acids is 2. The highest BCUT2D eigenvalue weighted by Crippen LogP contribution is 2.24. The Bertz CT molecular complexity index is 856. The van der Waals surface area contributed by atoms with E-state index in [1.54, 1.807) is 54.3 Å². The van der Waals surface area contributed by atoms with Gasteiger partial charge in [-0.25, -0.2) is 0 Å². The van der Waals surface area contributed by atoms with E-state index in [0.29, 0.717) is 15.1 Å². The van der Waals surface area contributed by atoms with E-state index in [0.717, 1.165) is 17.5 Å². The van der Waals surface area contributed by atoms with E-state index in [1.807, 2.05) is 13.8 Å². The Morgan fingerprint density at radius 1 is 1.00 bits per heavy atom. The highest BCUT2D eigenvalue weighted by Gasteiger charge is 2.27. The molecule has 7 heteroatoms. The van der Waals surface area contributed by atoms with Crippen molar-refractivity contribution in [3.05, 3.63) is 68.7 Å². The van der Waals surface area contributed by atoms with Crippen molar-refractivity contribution in [2.75, 3.05) is 0 Å². The van der Waals surface area contributed by atoms with Crippen LogP contribution in [0.25, 0.3) is 0 Å². The fourth-order valence-corrected chi connectivity index (χ4v) is 3.35. The Hall–Kier alpha value is -1.75. The van der Waals surface area contributed by atoms with Crippen molar-refractivity contribution < 1.29 is 9.59 Å². The van der Waals surface area contributed by atoms with Crippen LogP contribution >= 0.6 is 34.8 Å². The Labute approximate surface area is 187 Å². The van der Waals surface area contributed by atoms with Crippen molar-refractivity contribution >= 4 is 46.6 Å². The highest BCUT2D eigenvalue weighted by molar-refractivity contribution is 6.35. The van der Waals surface area contributed by atoms with Crippen LogP contribution in [0.2, 0.25) is 15.1 Å². The van der Waals surface area contributed by atoms with Crippen LogP contribution in [0.5, 0.6) is 0 Å². The highest BCUT2D eigenvalue weighted by atomic mass is 35.5. The standard InChI is InChI=1S/C22H25Cl3N2O2/c1-4-14(2)26-22(29)15(3)27(13-17-7-10-19(24)12-20(17)25)21(28)11-16-5-8-18(23)9-6-16/h5-10,12,14-15H,4,11,13H2,1-3H3,(H,26,29).